The van der Waals surface area contributed by atoms with Crippen LogP contribution in [-0.4, -0.2) is 18.9 Å². The summed E-state index contributed by atoms with van der Waals surface area (Å²) in [7, 11) is 0. The van der Waals surface area contributed by atoms with E-state index in [0.717, 1.165) is 41.4 Å². The highest BCUT2D eigenvalue weighted by Crippen LogP contribution is 2.30. The van der Waals surface area contributed by atoms with E-state index in [1.807, 2.05) is 50.2 Å². The van der Waals surface area contributed by atoms with Gasteiger partial charge in [-0.1, -0.05) is 55.8 Å². The minimum Gasteiger partial charge on any atom is -0.463 e. The van der Waals surface area contributed by atoms with Crippen molar-refractivity contribution in [2.75, 3.05) is 6.61 Å². The van der Waals surface area contributed by atoms with Gasteiger partial charge in [-0.2, -0.15) is 0 Å². The van der Waals surface area contributed by atoms with Gasteiger partial charge in [0.1, 0.15) is 0 Å². The lowest BCUT2D eigenvalue weighted by Crippen LogP contribution is -2.01. The molecule has 0 aromatic heterocycles. The Bertz CT molecular complexity index is 744. The molecule has 0 unspecified atom stereocenters. The first-order valence-electron chi connectivity index (χ1n) is 8.16. The fourth-order valence-corrected chi connectivity index (χ4v) is 2.55. The van der Waals surface area contributed by atoms with E-state index in [1.54, 1.807) is 12.1 Å². The van der Waals surface area contributed by atoms with Gasteiger partial charge in [0, 0.05) is 11.6 Å². The third-order valence-corrected chi connectivity index (χ3v) is 3.80. The van der Waals surface area contributed by atoms with Gasteiger partial charge in [0.05, 0.1) is 6.61 Å². The van der Waals surface area contributed by atoms with Crippen molar-refractivity contribution in [1.29, 1.82) is 0 Å². The summed E-state index contributed by atoms with van der Waals surface area (Å²) in [5, 5.41) is 0. The largest absolute Gasteiger partial charge is 0.463 e. The summed E-state index contributed by atoms with van der Waals surface area (Å²) < 4.78 is 5.14. The molecule has 0 N–H and O–H groups in total. The Morgan fingerprint density at radius 1 is 1.08 bits per heavy atom. The van der Waals surface area contributed by atoms with Crippen molar-refractivity contribution in [2.24, 2.45) is 0 Å². The molecule has 3 nitrogen and oxygen atoms in total. The maximum absolute atomic E-state index is 11.8. The van der Waals surface area contributed by atoms with E-state index in [9.17, 15) is 9.59 Å². The van der Waals surface area contributed by atoms with Crippen molar-refractivity contribution in [3.8, 4) is 11.1 Å². The van der Waals surface area contributed by atoms with Gasteiger partial charge in [-0.25, -0.2) is 4.79 Å². The van der Waals surface area contributed by atoms with Gasteiger partial charge in [-0.05, 0) is 41.7 Å². The maximum atomic E-state index is 11.8. The molecule has 0 amide bonds. The second-order valence-electron chi connectivity index (χ2n) is 5.60. The van der Waals surface area contributed by atoms with Crippen LogP contribution >= 0.6 is 0 Å². The molecule has 2 aromatic carbocycles. The molecular formula is C21H22O3. The fourth-order valence-electron chi connectivity index (χ4n) is 2.55. The normalized spacial score (nSPS) is 10.8. The molecule has 0 aliphatic carbocycles. The summed E-state index contributed by atoms with van der Waals surface area (Å²) in [6, 6.07) is 13.3. The Morgan fingerprint density at radius 3 is 2.58 bits per heavy atom. The zero-order chi connectivity index (χ0) is 17.4. The summed E-state index contributed by atoms with van der Waals surface area (Å²) in [4.78, 5) is 23.1. The van der Waals surface area contributed by atoms with E-state index < -0.39 is 0 Å². The Morgan fingerprint density at radius 2 is 1.83 bits per heavy atom. The first-order valence-corrected chi connectivity index (χ1v) is 8.16. The number of esters is 1. The van der Waals surface area contributed by atoms with Gasteiger partial charge in [0.15, 0.2) is 6.29 Å². The van der Waals surface area contributed by atoms with Gasteiger partial charge in [-0.15, -0.1) is 0 Å². The van der Waals surface area contributed by atoms with E-state index in [-0.39, 0.29) is 5.97 Å². The summed E-state index contributed by atoms with van der Waals surface area (Å²) in [6.07, 6.45) is 5.90. The molecule has 3 heteroatoms. The third-order valence-electron chi connectivity index (χ3n) is 3.80. The predicted octanol–water partition coefficient (Wildman–Crippen LogP) is 4.83. The minimum absolute atomic E-state index is 0.348. The SMILES string of the molecule is CCCCOC(=O)/C=C/c1cccc(C)c1-c1ccccc1C=O. The van der Waals surface area contributed by atoms with Crippen LogP contribution in [0.5, 0.6) is 0 Å². The van der Waals surface area contributed by atoms with Crippen molar-refractivity contribution in [3.63, 3.8) is 0 Å². The number of aldehydes is 1. The molecular weight excluding hydrogens is 300 g/mol. The summed E-state index contributed by atoms with van der Waals surface area (Å²) in [5.74, 6) is -0.348. The summed E-state index contributed by atoms with van der Waals surface area (Å²) in [5.41, 5.74) is 4.39. The highest BCUT2D eigenvalue weighted by Gasteiger charge is 2.10. The van der Waals surface area contributed by atoms with Crippen LogP contribution < -0.4 is 0 Å². The Hall–Kier alpha value is -2.68. The first-order chi connectivity index (χ1) is 11.7. The van der Waals surface area contributed by atoms with Crippen LogP contribution in [0.15, 0.2) is 48.5 Å². The molecule has 24 heavy (non-hydrogen) atoms. The highest BCUT2D eigenvalue weighted by molar-refractivity contribution is 5.93. The van der Waals surface area contributed by atoms with Crippen molar-refractivity contribution in [2.45, 2.75) is 26.7 Å². The fraction of sp³-hybridized carbons (Fsp3) is 0.238. The van der Waals surface area contributed by atoms with Crippen LogP contribution in [0.3, 0.4) is 0 Å². The van der Waals surface area contributed by atoms with Crippen molar-refractivity contribution in [3.05, 3.63) is 65.2 Å². The van der Waals surface area contributed by atoms with Crippen LogP contribution in [-0.2, 0) is 9.53 Å². The van der Waals surface area contributed by atoms with Gasteiger partial charge < -0.3 is 4.74 Å². The molecule has 0 saturated heterocycles. The smallest absolute Gasteiger partial charge is 0.330 e. The molecule has 2 rings (SSSR count). The minimum atomic E-state index is -0.348. The highest BCUT2D eigenvalue weighted by atomic mass is 16.5. The molecule has 2 aromatic rings. The Balaban J connectivity index is 2.34. The number of carbonyl (C=O) groups excluding carboxylic acids is 2. The molecule has 0 heterocycles. The van der Waals surface area contributed by atoms with Crippen LogP contribution in [0, 0.1) is 6.92 Å². The summed E-state index contributed by atoms with van der Waals surface area (Å²) >= 11 is 0. The van der Waals surface area contributed by atoms with E-state index in [2.05, 4.69) is 0 Å². The molecule has 0 spiro atoms. The van der Waals surface area contributed by atoms with Crippen LogP contribution in [0.25, 0.3) is 17.2 Å². The molecule has 0 saturated carbocycles. The molecule has 0 atom stereocenters. The number of rotatable bonds is 7. The first kappa shape index (κ1) is 17.7. The van der Waals surface area contributed by atoms with E-state index in [0.29, 0.717) is 12.2 Å². The maximum Gasteiger partial charge on any atom is 0.330 e. The number of unbranched alkanes of at least 4 members (excludes halogenated alkanes) is 1. The number of aryl methyl sites for hydroxylation is 1. The molecule has 0 aliphatic rings. The number of carbonyl (C=O) groups is 2. The van der Waals surface area contributed by atoms with Gasteiger partial charge in [-0.3, -0.25) is 4.79 Å². The molecule has 124 valence electrons. The third kappa shape index (κ3) is 4.42. The second kappa shape index (κ2) is 8.82. The average molecular weight is 322 g/mol. The zero-order valence-electron chi connectivity index (χ0n) is 14.1. The van der Waals surface area contributed by atoms with Gasteiger partial charge >= 0.3 is 5.97 Å². The second-order valence-corrected chi connectivity index (χ2v) is 5.60. The standard InChI is InChI=1S/C21H22O3/c1-3-4-14-24-20(23)13-12-17-10-7-8-16(2)21(17)19-11-6-5-9-18(19)15-22/h5-13,15H,3-4,14H2,1-2H3/b13-12+. The van der Waals surface area contributed by atoms with Gasteiger partial charge in [0.2, 0.25) is 0 Å². The van der Waals surface area contributed by atoms with E-state index in [4.69, 9.17) is 4.74 Å². The molecule has 0 aliphatic heterocycles. The van der Waals surface area contributed by atoms with Crippen molar-refractivity contribution >= 4 is 18.3 Å². The number of hydrogen-bond acceptors (Lipinski definition) is 3. The molecule has 0 fully saturated rings. The van der Waals surface area contributed by atoms with Crippen LogP contribution in [0.4, 0.5) is 0 Å². The lowest BCUT2D eigenvalue weighted by Gasteiger charge is -2.12. The Labute approximate surface area is 143 Å². The predicted molar refractivity (Wildman–Crippen MR) is 96.9 cm³/mol. The number of ether oxygens (including phenoxy) is 1. The molecule has 0 bridgehead atoms. The quantitative estimate of drug-likeness (QED) is 0.317. The topological polar surface area (TPSA) is 43.4 Å². The Kier molecular flexibility index (Phi) is 6.50. The van der Waals surface area contributed by atoms with Crippen molar-refractivity contribution < 1.29 is 14.3 Å². The van der Waals surface area contributed by atoms with Crippen LogP contribution in [0.2, 0.25) is 0 Å². The van der Waals surface area contributed by atoms with E-state index in [1.165, 1.54) is 6.08 Å². The lowest BCUT2D eigenvalue weighted by atomic mass is 9.92. The van der Waals surface area contributed by atoms with Crippen molar-refractivity contribution in [1.82, 2.24) is 0 Å². The van der Waals surface area contributed by atoms with E-state index >= 15 is 0 Å². The lowest BCUT2D eigenvalue weighted by molar-refractivity contribution is -0.137. The van der Waals surface area contributed by atoms with Crippen LogP contribution in [0.1, 0.15) is 41.3 Å². The van der Waals surface area contributed by atoms with Gasteiger partial charge in [0.25, 0.3) is 0 Å². The average Bonchev–Trinajstić information content (AvgIpc) is 2.60. The zero-order valence-corrected chi connectivity index (χ0v) is 14.1. The summed E-state index contributed by atoms with van der Waals surface area (Å²) in [6.45, 7) is 4.48. The monoisotopic (exact) mass is 322 g/mol. The number of benzene rings is 2. The molecule has 0 radical (unpaired) electrons. The number of hydrogen-bond donors (Lipinski definition) is 0.